The van der Waals surface area contributed by atoms with Crippen molar-refractivity contribution in [3.05, 3.63) is 90.0 Å². The van der Waals surface area contributed by atoms with Crippen LogP contribution in [0.5, 0.6) is 0 Å². The van der Waals surface area contributed by atoms with Gasteiger partial charge in [0.15, 0.2) is 0 Å². The molecule has 0 unspecified atom stereocenters. The number of carbonyl (C=O) groups is 1. The molecule has 5 heteroatoms. The van der Waals surface area contributed by atoms with Gasteiger partial charge in [-0.05, 0) is 42.8 Å². The zero-order valence-corrected chi connectivity index (χ0v) is 14.1. The van der Waals surface area contributed by atoms with Gasteiger partial charge in [-0.25, -0.2) is 9.37 Å². The molecule has 0 aliphatic heterocycles. The molecule has 0 saturated heterocycles. The number of imidazole rings is 1. The van der Waals surface area contributed by atoms with Gasteiger partial charge in [0.2, 0.25) is 0 Å². The van der Waals surface area contributed by atoms with Gasteiger partial charge in [0.25, 0.3) is 5.91 Å². The molecule has 2 aromatic heterocycles. The lowest BCUT2D eigenvalue weighted by atomic mass is 10.1. The Morgan fingerprint density at radius 1 is 1.08 bits per heavy atom. The molecule has 26 heavy (non-hydrogen) atoms. The second-order valence-electron chi connectivity index (χ2n) is 6.06. The Hall–Kier alpha value is -3.47. The van der Waals surface area contributed by atoms with Crippen LogP contribution in [0.4, 0.5) is 10.1 Å². The fourth-order valence-electron chi connectivity index (χ4n) is 2.81. The van der Waals surface area contributed by atoms with Crippen LogP contribution in [-0.2, 0) is 0 Å². The van der Waals surface area contributed by atoms with E-state index in [1.165, 1.54) is 6.07 Å². The van der Waals surface area contributed by atoms with Crippen LogP contribution in [0.2, 0.25) is 0 Å². The van der Waals surface area contributed by atoms with E-state index in [0.717, 1.165) is 16.9 Å². The molecular weight excluding hydrogens is 329 g/mol. The Labute approximate surface area is 149 Å². The van der Waals surface area contributed by atoms with Gasteiger partial charge in [0, 0.05) is 23.5 Å². The van der Waals surface area contributed by atoms with Gasteiger partial charge in [0.1, 0.15) is 11.5 Å². The lowest BCUT2D eigenvalue weighted by Gasteiger charge is -2.10. The van der Waals surface area contributed by atoms with E-state index in [9.17, 15) is 9.18 Å². The van der Waals surface area contributed by atoms with Gasteiger partial charge in [0.05, 0.1) is 11.4 Å². The topological polar surface area (TPSA) is 46.4 Å². The number of halogens is 1. The third-order valence-corrected chi connectivity index (χ3v) is 4.25. The van der Waals surface area contributed by atoms with Crippen molar-refractivity contribution in [2.24, 2.45) is 0 Å². The predicted octanol–water partition coefficient (Wildman–Crippen LogP) is 4.70. The lowest BCUT2D eigenvalue weighted by Crippen LogP contribution is -2.13. The molecule has 1 N–H and O–H groups in total. The zero-order chi connectivity index (χ0) is 18.1. The maximum atomic E-state index is 13.7. The summed E-state index contributed by atoms with van der Waals surface area (Å²) >= 11 is 0. The molecule has 0 radical (unpaired) electrons. The number of fused-ring (bicyclic) bond motifs is 1. The molecule has 1 amide bonds. The van der Waals surface area contributed by atoms with Crippen molar-refractivity contribution in [3.8, 4) is 11.3 Å². The number of aryl methyl sites for hydroxylation is 1. The number of para-hydroxylation sites is 1. The Morgan fingerprint density at radius 3 is 2.69 bits per heavy atom. The highest BCUT2D eigenvalue weighted by Gasteiger charge is 2.13. The Bertz CT molecular complexity index is 1080. The number of carbonyl (C=O) groups excluding carboxylic acids is 1. The maximum Gasteiger partial charge on any atom is 0.255 e. The van der Waals surface area contributed by atoms with E-state index in [2.05, 4.69) is 10.3 Å². The minimum atomic E-state index is -0.397. The van der Waals surface area contributed by atoms with E-state index in [-0.39, 0.29) is 11.5 Å². The highest BCUT2D eigenvalue weighted by molar-refractivity contribution is 6.06. The molecule has 4 nitrogen and oxygen atoms in total. The number of aromatic nitrogens is 2. The molecule has 4 aromatic rings. The number of nitrogens with zero attached hydrogens (tertiary/aromatic N) is 2. The Balaban J connectivity index is 1.69. The van der Waals surface area contributed by atoms with Crippen molar-refractivity contribution in [2.75, 3.05) is 5.32 Å². The van der Waals surface area contributed by atoms with E-state index < -0.39 is 5.82 Å². The summed E-state index contributed by atoms with van der Waals surface area (Å²) in [5.41, 5.74) is 3.79. The standard InChI is InChI=1S/C21H16FN3O/c1-14-9-10-15(12-17(14)22)21(26)24-18-7-3-2-6-16(18)19-13-25-11-5-4-8-20(25)23-19/h2-13H,1H3,(H,24,26). The first-order valence-electron chi connectivity index (χ1n) is 8.22. The number of benzene rings is 2. The molecular formula is C21H16FN3O. The highest BCUT2D eigenvalue weighted by atomic mass is 19.1. The third kappa shape index (κ3) is 2.95. The molecule has 0 atom stereocenters. The number of pyridine rings is 1. The summed E-state index contributed by atoms with van der Waals surface area (Å²) in [6.07, 6.45) is 3.83. The van der Waals surface area contributed by atoms with Gasteiger partial charge in [-0.2, -0.15) is 0 Å². The molecule has 0 fully saturated rings. The van der Waals surface area contributed by atoms with Crippen LogP contribution in [0.25, 0.3) is 16.9 Å². The quantitative estimate of drug-likeness (QED) is 0.585. The molecule has 2 aromatic carbocycles. The zero-order valence-electron chi connectivity index (χ0n) is 14.1. The molecule has 2 heterocycles. The van der Waals surface area contributed by atoms with Crippen molar-refractivity contribution in [1.82, 2.24) is 9.38 Å². The van der Waals surface area contributed by atoms with E-state index >= 15 is 0 Å². The normalized spacial score (nSPS) is 10.8. The number of rotatable bonds is 3. The fourth-order valence-corrected chi connectivity index (χ4v) is 2.81. The molecule has 0 aliphatic carbocycles. The van der Waals surface area contributed by atoms with Crippen LogP contribution < -0.4 is 5.32 Å². The minimum absolute atomic E-state index is 0.276. The van der Waals surface area contributed by atoms with Crippen molar-refractivity contribution >= 4 is 17.2 Å². The van der Waals surface area contributed by atoms with Crippen molar-refractivity contribution in [2.45, 2.75) is 6.92 Å². The van der Waals surface area contributed by atoms with Gasteiger partial charge < -0.3 is 9.72 Å². The Morgan fingerprint density at radius 2 is 1.88 bits per heavy atom. The van der Waals surface area contributed by atoms with Gasteiger partial charge in [-0.1, -0.05) is 30.3 Å². The lowest BCUT2D eigenvalue weighted by molar-refractivity contribution is 0.102. The van der Waals surface area contributed by atoms with Crippen LogP contribution in [0.15, 0.2) is 73.1 Å². The first-order chi connectivity index (χ1) is 12.6. The summed E-state index contributed by atoms with van der Waals surface area (Å²) in [7, 11) is 0. The second kappa shape index (κ2) is 6.44. The van der Waals surface area contributed by atoms with Crippen LogP contribution in [0, 0.1) is 12.7 Å². The van der Waals surface area contributed by atoms with E-state index in [0.29, 0.717) is 11.3 Å². The first-order valence-corrected chi connectivity index (χ1v) is 8.22. The summed E-state index contributed by atoms with van der Waals surface area (Å²) in [4.78, 5) is 17.1. The monoisotopic (exact) mass is 345 g/mol. The van der Waals surface area contributed by atoms with E-state index in [1.54, 1.807) is 19.1 Å². The summed E-state index contributed by atoms with van der Waals surface area (Å²) in [6.45, 7) is 1.66. The molecule has 0 spiro atoms. The largest absolute Gasteiger partial charge is 0.321 e. The summed E-state index contributed by atoms with van der Waals surface area (Å²) in [6, 6.07) is 17.7. The van der Waals surface area contributed by atoms with Gasteiger partial charge >= 0.3 is 0 Å². The summed E-state index contributed by atoms with van der Waals surface area (Å²) in [5.74, 6) is -0.758. The predicted molar refractivity (Wildman–Crippen MR) is 99.7 cm³/mol. The van der Waals surface area contributed by atoms with Crippen molar-refractivity contribution < 1.29 is 9.18 Å². The molecule has 0 saturated carbocycles. The summed E-state index contributed by atoms with van der Waals surface area (Å²) < 4.78 is 15.7. The van der Waals surface area contributed by atoms with Crippen molar-refractivity contribution in [1.29, 1.82) is 0 Å². The number of hydrogen-bond donors (Lipinski definition) is 1. The van der Waals surface area contributed by atoms with Crippen LogP contribution in [0.3, 0.4) is 0 Å². The third-order valence-electron chi connectivity index (χ3n) is 4.25. The van der Waals surface area contributed by atoms with Crippen molar-refractivity contribution in [3.63, 3.8) is 0 Å². The minimum Gasteiger partial charge on any atom is -0.321 e. The second-order valence-corrected chi connectivity index (χ2v) is 6.06. The average Bonchev–Trinajstić information content (AvgIpc) is 3.08. The SMILES string of the molecule is Cc1ccc(C(=O)Nc2ccccc2-c2cn3ccccc3n2)cc1F. The maximum absolute atomic E-state index is 13.7. The molecule has 4 rings (SSSR count). The van der Waals surface area contributed by atoms with Crippen LogP contribution in [0.1, 0.15) is 15.9 Å². The smallest absolute Gasteiger partial charge is 0.255 e. The first kappa shape index (κ1) is 16.0. The fraction of sp³-hybridized carbons (Fsp3) is 0.0476. The number of hydrogen-bond acceptors (Lipinski definition) is 2. The highest BCUT2D eigenvalue weighted by Crippen LogP contribution is 2.28. The molecule has 128 valence electrons. The molecule has 0 aliphatic rings. The number of anilines is 1. The Kier molecular flexibility index (Phi) is 3.97. The summed E-state index contributed by atoms with van der Waals surface area (Å²) in [5, 5.41) is 2.86. The van der Waals surface area contributed by atoms with Crippen LogP contribution >= 0.6 is 0 Å². The van der Waals surface area contributed by atoms with Crippen LogP contribution in [-0.4, -0.2) is 15.3 Å². The number of nitrogens with one attached hydrogen (secondary N) is 1. The number of amides is 1. The average molecular weight is 345 g/mol. The van der Waals surface area contributed by atoms with Gasteiger partial charge in [-0.15, -0.1) is 0 Å². The van der Waals surface area contributed by atoms with E-state index in [1.807, 2.05) is 59.3 Å². The molecule has 0 bridgehead atoms. The van der Waals surface area contributed by atoms with E-state index in [4.69, 9.17) is 0 Å². The van der Waals surface area contributed by atoms with Gasteiger partial charge in [-0.3, -0.25) is 4.79 Å².